The van der Waals surface area contributed by atoms with E-state index >= 15 is 0 Å². The normalized spacial score (nSPS) is 12.9. The SMILES string of the molecule is CC/C=C\C/C=C\C/C=C\C/C=C\C/C=C\C/C=C\C/C=C\C/C=C\CCCCC(=O)OCC(COC(=O)CCCCCCCCCCCCCC)OC(=O)CCCCCCCCCCCCC/C=C\C/C=C\CCCCCCC. The lowest BCUT2D eigenvalue weighted by Crippen LogP contribution is -2.30. The fourth-order valence-corrected chi connectivity index (χ4v) is 9.20. The number of carbonyl (C=O) groups excluding carboxylic acids is 3. The van der Waals surface area contributed by atoms with Crippen LogP contribution in [0.5, 0.6) is 0 Å². The van der Waals surface area contributed by atoms with Crippen LogP contribution >= 0.6 is 0 Å². The number of unbranched alkanes of at least 4 members (excludes halogenated alkanes) is 29. The van der Waals surface area contributed by atoms with Crippen LogP contribution in [0.1, 0.15) is 310 Å². The van der Waals surface area contributed by atoms with Gasteiger partial charge in [0, 0.05) is 19.3 Å². The third-order valence-electron chi connectivity index (χ3n) is 14.2. The van der Waals surface area contributed by atoms with Gasteiger partial charge in [-0.15, -0.1) is 0 Å². The molecule has 0 fully saturated rings. The molecule has 0 bridgehead atoms. The van der Waals surface area contributed by atoms with Crippen LogP contribution in [0.2, 0.25) is 0 Å². The summed E-state index contributed by atoms with van der Waals surface area (Å²) in [6.45, 7) is 6.50. The van der Waals surface area contributed by atoms with Crippen molar-refractivity contribution >= 4 is 17.9 Å². The van der Waals surface area contributed by atoms with Crippen LogP contribution in [-0.2, 0) is 28.6 Å². The molecule has 0 radical (unpaired) electrons. The van der Waals surface area contributed by atoms with Crippen LogP contribution in [-0.4, -0.2) is 37.2 Å². The van der Waals surface area contributed by atoms with Gasteiger partial charge in [-0.2, -0.15) is 0 Å². The Morgan fingerprint density at radius 2 is 0.487 bits per heavy atom. The summed E-state index contributed by atoms with van der Waals surface area (Å²) >= 11 is 0. The van der Waals surface area contributed by atoms with Gasteiger partial charge < -0.3 is 14.2 Å². The molecule has 6 heteroatoms. The second kappa shape index (κ2) is 67.3. The summed E-state index contributed by atoms with van der Waals surface area (Å²) in [5.74, 6) is -0.933. The van der Waals surface area contributed by atoms with Crippen molar-refractivity contribution in [2.24, 2.45) is 0 Å². The van der Waals surface area contributed by atoms with Crippen molar-refractivity contribution in [2.45, 2.75) is 316 Å². The second-order valence-corrected chi connectivity index (χ2v) is 22.0. The Hall–Kier alpha value is -4.19. The molecule has 0 aromatic carbocycles. The van der Waals surface area contributed by atoms with Gasteiger partial charge in [-0.1, -0.05) is 296 Å². The molecule has 0 N–H and O–H groups in total. The van der Waals surface area contributed by atoms with Gasteiger partial charge in [0.2, 0.25) is 0 Å². The van der Waals surface area contributed by atoms with E-state index in [2.05, 4.69) is 142 Å². The summed E-state index contributed by atoms with van der Waals surface area (Å²) in [6, 6.07) is 0. The zero-order chi connectivity index (χ0) is 57.8. The van der Waals surface area contributed by atoms with E-state index in [1.54, 1.807) is 0 Å². The quantitative estimate of drug-likeness (QED) is 0.0261. The first-order chi connectivity index (χ1) is 39.5. The molecule has 0 spiro atoms. The average Bonchev–Trinajstić information content (AvgIpc) is 3.46. The first-order valence-corrected chi connectivity index (χ1v) is 33.5. The molecule has 6 nitrogen and oxygen atoms in total. The van der Waals surface area contributed by atoms with Gasteiger partial charge >= 0.3 is 17.9 Å². The van der Waals surface area contributed by atoms with E-state index in [1.165, 1.54) is 154 Å². The number of esters is 3. The van der Waals surface area contributed by atoms with Crippen molar-refractivity contribution in [1.29, 1.82) is 0 Å². The molecule has 0 aromatic rings. The van der Waals surface area contributed by atoms with Crippen LogP contribution in [0.3, 0.4) is 0 Å². The minimum absolute atomic E-state index is 0.0923. The Labute approximate surface area is 494 Å². The zero-order valence-corrected chi connectivity index (χ0v) is 52.3. The Morgan fingerprint density at radius 3 is 0.787 bits per heavy atom. The lowest BCUT2D eigenvalue weighted by molar-refractivity contribution is -0.167. The monoisotopic (exact) mass is 1110 g/mol. The van der Waals surface area contributed by atoms with E-state index in [1.807, 2.05) is 0 Å². The number of carbonyl (C=O) groups is 3. The van der Waals surface area contributed by atoms with Crippen molar-refractivity contribution in [1.82, 2.24) is 0 Å². The maximum absolute atomic E-state index is 12.9. The highest BCUT2D eigenvalue weighted by molar-refractivity contribution is 5.71. The molecule has 80 heavy (non-hydrogen) atoms. The van der Waals surface area contributed by atoms with Gasteiger partial charge in [0.25, 0.3) is 0 Å². The molecule has 0 heterocycles. The number of hydrogen-bond acceptors (Lipinski definition) is 6. The van der Waals surface area contributed by atoms with Crippen LogP contribution in [0.25, 0.3) is 0 Å². The minimum atomic E-state index is -0.800. The Morgan fingerprint density at radius 1 is 0.263 bits per heavy atom. The summed E-state index contributed by atoms with van der Waals surface area (Å²) in [5, 5.41) is 0. The fraction of sp³-hybridized carbons (Fsp3) is 0.689. The minimum Gasteiger partial charge on any atom is -0.462 e. The highest BCUT2D eigenvalue weighted by Gasteiger charge is 2.19. The number of allylic oxidation sites excluding steroid dienone is 20. The predicted octanol–water partition coefficient (Wildman–Crippen LogP) is 23.2. The number of rotatable bonds is 60. The molecule has 0 aliphatic heterocycles. The highest BCUT2D eigenvalue weighted by atomic mass is 16.6. The van der Waals surface area contributed by atoms with E-state index in [9.17, 15) is 14.4 Å². The summed E-state index contributed by atoms with van der Waals surface area (Å²) in [6.07, 6.45) is 93.5. The van der Waals surface area contributed by atoms with Crippen molar-refractivity contribution in [2.75, 3.05) is 13.2 Å². The van der Waals surface area contributed by atoms with E-state index in [0.717, 1.165) is 116 Å². The van der Waals surface area contributed by atoms with Gasteiger partial charge in [0.05, 0.1) is 0 Å². The highest BCUT2D eigenvalue weighted by Crippen LogP contribution is 2.16. The van der Waals surface area contributed by atoms with Crippen molar-refractivity contribution in [3.8, 4) is 0 Å². The summed E-state index contributed by atoms with van der Waals surface area (Å²) in [5.41, 5.74) is 0. The average molecular weight is 1110 g/mol. The number of ether oxygens (including phenoxy) is 3. The lowest BCUT2D eigenvalue weighted by Gasteiger charge is -2.18. The first kappa shape index (κ1) is 75.8. The smallest absolute Gasteiger partial charge is 0.306 e. The maximum atomic E-state index is 12.9. The molecule has 0 saturated heterocycles. The van der Waals surface area contributed by atoms with Crippen LogP contribution < -0.4 is 0 Å². The third-order valence-corrected chi connectivity index (χ3v) is 14.2. The lowest BCUT2D eigenvalue weighted by atomic mass is 10.0. The molecule has 1 atom stereocenters. The fourth-order valence-electron chi connectivity index (χ4n) is 9.20. The Kier molecular flexibility index (Phi) is 63.8. The largest absolute Gasteiger partial charge is 0.462 e. The van der Waals surface area contributed by atoms with Crippen molar-refractivity contribution in [3.05, 3.63) is 122 Å². The second-order valence-electron chi connectivity index (χ2n) is 22.0. The summed E-state index contributed by atoms with van der Waals surface area (Å²) in [7, 11) is 0. The van der Waals surface area contributed by atoms with Crippen LogP contribution in [0.15, 0.2) is 122 Å². The van der Waals surface area contributed by atoms with Crippen LogP contribution in [0, 0.1) is 0 Å². The predicted molar refractivity (Wildman–Crippen MR) is 348 cm³/mol. The molecular formula is C74H124O6. The standard InChI is InChI=1S/C74H124O6/c1-4-7-10-13-16-19-22-25-27-29-31-33-35-36-37-38-40-41-43-45-47-49-52-55-58-61-64-67-73(76)79-70-71(69-78-72(75)66-63-60-57-54-51-24-21-18-15-12-9-6-3)80-74(77)68-65-62-59-56-53-50-48-46-44-42-39-34-32-30-28-26-23-20-17-14-11-8-5-2/h7,10,16,19,23,25-27,30-33,36-37,40-41,45,47,52,55,71H,4-6,8-9,11-15,17-18,20-22,24,28-29,34-35,38-39,42-44,46,48-51,53-54,56-70H2,1-3H3/b10-7-,19-16-,26-23-,27-25-,32-30-,33-31-,37-36-,41-40-,47-45-,55-52-. The number of hydrogen-bond donors (Lipinski definition) is 0. The zero-order valence-electron chi connectivity index (χ0n) is 52.3. The van der Waals surface area contributed by atoms with E-state index < -0.39 is 6.10 Å². The van der Waals surface area contributed by atoms with E-state index in [4.69, 9.17) is 14.2 Å². The topological polar surface area (TPSA) is 78.9 Å². The van der Waals surface area contributed by atoms with Gasteiger partial charge in [-0.05, 0) is 116 Å². The van der Waals surface area contributed by atoms with Crippen LogP contribution in [0.4, 0.5) is 0 Å². The first-order valence-electron chi connectivity index (χ1n) is 33.5. The van der Waals surface area contributed by atoms with Gasteiger partial charge in [-0.3, -0.25) is 14.4 Å². The van der Waals surface area contributed by atoms with Crippen molar-refractivity contribution < 1.29 is 28.6 Å². The molecule has 0 rings (SSSR count). The Balaban J connectivity index is 4.39. The molecule has 456 valence electrons. The molecule has 0 amide bonds. The molecule has 1 unspecified atom stereocenters. The van der Waals surface area contributed by atoms with Gasteiger partial charge in [0.15, 0.2) is 6.10 Å². The molecule has 0 aliphatic rings. The third kappa shape index (κ3) is 64.6. The summed E-state index contributed by atoms with van der Waals surface area (Å²) < 4.78 is 16.9. The molecule has 0 aromatic heterocycles. The van der Waals surface area contributed by atoms with E-state index in [0.29, 0.717) is 19.3 Å². The molecule has 0 aliphatic carbocycles. The maximum Gasteiger partial charge on any atom is 0.306 e. The van der Waals surface area contributed by atoms with Crippen molar-refractivity contribution in [3.63, 3.8) is 0 Å². The molecular weight excluding hydrogens is 985 g/mol. The summed E-state index contributed by atoms with van der Waals surface area (Å²) in [4.78, 5) is 38.3. The Bertz CT molecular complexity index is 1650. The van der Waals surface area contributed by atoms with E-state index in [-0.39, 0.29) is 31.1 Å². The van der Waals surface area contributed by atoms with Gasteiger partial charge in [-0.25, -0.2) is 0 Å². The molecule has 0 saturated carbocycles. The van der Waals surface area contributed by atoms with Gasteiger partial charge in [0.1, 0.15) is 13.2 Å².